The molecule has 0 spiro atoms. The lowest BCUT2D eigenvalue weighted by Gasteiger charge is -2.30. The average molecular weight is 348 g/mol. The second-order valence-corrected chi connectivity index (χ2v) is 6.46. The molecule has 1 aliphatic heterocycles. The van der Waals surface area contributed by atoms with Crippen molar-refractivity contribution in [3.63, 3.8) is 0 Å². The predicted molar refractivity (Wildman–Crippen MR) is 99.6 cm³/mol. The van der Waals surface area contributed by atoms with Gasteiger partial charge in [-0.2, -0.15) is 0 Å². The number of amidine groups is 1. The highest BCUT2D eigenvalue weighted by molar-refractivity contribution is 6.39. The fraction of sp³-hybridized carbons (Fsp3) is 0.250. The number of carbonyl (C=O) groups is 2. The van der Waals surface area contributed by atoms with Crippen LogP contribution in [0, 0.1) is 0 Å². The minimum Gasteiger partial charge on any atom is -0.343 e. The standard InChI is InChI=1S/C20H20N4O2/c25-18-13-21-19(23-24(18)15-9-2-1-3-10-15)20(26)22-17-12-6-8-14-7-4-5-11-16(14)17/h1-5,7,9-11,17H,6,8,12-13H2,(H,21,23)(H,22,26)/t17-/m0/s1. The van der Waals surface area contributed by atoms with E-state index in [-0.39, 0.29) is 30.2 Å². The third-order valence-electron chi connectivity index (χ3n) is 4.74. The zero-order valence-electron chi connectivity index (χ0n) is 14.3. The Morgan fingerprint density at radius 2 is 1.88 bits per heavy atom. The van der Waals surface area contributed by atoms with Crippen LogP contribution in [0.1, 0.15) is 30.0 Å². The number of hydrogen-bond acceptors (Lipinski definition) is 4. The molecule has 0 saturated heterocycles. The van der Waals surface area contributed by atoms with E-state index in [0.717, 1.165) is 19.3 Å². The fourth-order valence-electron chi connectivity index (χ4n) is 3.46. The Morgan fingerprint density at radius 3 is 2.73 bits per heavy atom. The number of aliphatic imine (C=N–C) groups is 1. The number of para-hydroxylation sites is 1. The quantitative estimate of drug-likeness (QED) is 0.892. The summed E-state index contributed by atoms with van der Waals surface area (Å²) in [6.45, 7) is -0.0497. The molecule has 2 aromatic rings. The fourth-order valence-corrected chi connectivity index (χ4v) is 3.46. The normalized spacial score (nSPS) is 19.2. The molecule has 2 N–H and O–H groups in total. The van der Waals surface area contributed by atoms with Gasteiger partial charge in [-0.15, -0.1) is 0 Å². The Bertz CT molecular complexity index is 863. The molecule has 6 nitrogen and oxygen atoms in total. The summed E-state index contributed by atoms with van der Waals surface area (Å²) in [5, 5.41) is 4.43. The number of benzene rings is 2. The molecule has 0 unspecified atom stereocenters. The van der Waals surface area contributed by atoms with Gasteiger partial charge >= 0.3 is 0 Å². The first-order chi connectivity index (χ1) is 12.7. The number of fused-ring (bicyclic) bond motifs is 1. The van der Waals surface area contributed by atoms with E-state index in [9.17, 15) is 9.59 Å². The first-order valence-electron chi connectivity index (χ1n) is 8.80. The van der Waals surface area contributed by atoms with Gasteiger partial charge in [0.1, 0.15) is 6.54 Å². The van der Waals surface area contributed by atoms with E-state index >= 15 is 0 Å². The number of hydrogen-bond donors (Lipinski definition) is 2. The number of amides is 2. The van der Waals surface area contributed by atoms with E-state index < -0.39 is 0 Å². The second-order valence-electron chi connectivity index (χ2n) is 6.46. The molecule has 6 heteroatoms. The molecule has 0 fully saturated rings. The van der Waals surface area contributed by atoms with Gasteiger partial charge in [0.25, 0.3) is 11.8 Å². The van der Waals surface area contributed by atoms with E-state index in [0.29, 0.717) is 5.69 Å². The molecule has 2 amide bonds. The van der Waals surface area contributed by atoms with E-state index in [1.807, 2.05) is 42.5 Å². The van der Waals surface area contributed by atoms with Gasteiger partial charge < -0.3 is 5.32 Å². The molecule has 26 heavy (non-hydrogen) atoms. The molecule has 0 bridgehead atoms. The van der Waals surface area contributed by atoms with Crippen LogP contribution in [0.5, 0.6) is 0 Å². The molecular weight excluding hydrogens is 328 g/mol. The van der Waals surface area contributed by atoms with E-state index in [4.69, 9.17) is 0 Å². The van der Waals surface area contributed by atoms with Crippen LogP contribution in [0.2, 0.25) is 0 Å². The summed E-state index contributed by atoms with van der Waals surface area (Å²) in [6.07, 6.45) is 2.98. The highest BCUT2D eigenvalue weighted by Crippen LogP contribution is 2.29. The minimum atomic E-state index is -0.292. The van der Waals surface area contributed by atoms with Crippen molar-refractivity contribution >= 4 is 23.3 Å². The lowest BCUT2D eigenvalue weighted by atomic mass is 9.88. The monoisotopic (exact) mass is 348 g/mol. The van der Waals surface area contributed by atoms with Gasteiger partial charge in [-0.05, 0) is 42.5 Å². The summed E-state index contributed by atoms with van der Waals surface area (Å²) in [4.78, 5) is 29.0. The van der Waals surface area contributed by atoms with E-state index in [2.05, 4.69) is 27.9 Å². The van der Waals surface area contributed by atoms with Crippen molar-refractivity contribution in [3.05, 3.63) is 65.7 Å². The Hall–Kier alpha value is -3.15. The van der Waals surface area contributed by atoms with Crippen LogP contribution in [0.4, 0.5) is 5.69 Å². The first-order valence-corrected chi connectivity index (χ1v) is 8.80. The van der Waals surface area contributed by atoms with Crippen LogP contribution in [-0.2, 0) is 16.0 Å². The molecule has 0 radical (unpaired) electrons. The number of rotatable bonds is 3. The maximum absolute atomic E-state index is 12.7. The second kappa shape index (κ2) is 7.00. The summed E-state index contributed by atoms with van der Waals surface area (Å²) in [5.74, 6) is -0.326. The molecular formula is C20H20N4O2. The van der Waals surface area contributed by atoms with E-state index in [1.165, 1.54) is 16.1 Å². The molecule has 2 aliphatic rings. The molecule has 0 aromatic heterocycles. The molecule has 1 atom stereocenters. The number of aryl methyl sites for hydroxylation is 1. The van der Waals surface area contributed by atoms with Gasteiger partial charge in [-0.25, -0.2) is 5.01 Å². The Labute approximate surface area is 151 Å². The van der Waals surface area contributed by atoms with Crippen molar-refractivity contribution < 1.29 is 9.59 Å². The summed E-state index contributed by atoms with van der Waals surface area (Å²) < 4.78 is 0. The topological polar surface area (TPSA) is 73.8 Å². The van der Waals surface area contributed by atoms with Crippen LogP contribution < -0.4 is 15.8 Å². The molecule has 1 heterocycles. The van der Waals surface area contributed by atoms with Gasteiger partial charge in [0, 0.05) is 0 Å². The number of anilines is 1. The first kappa shape index (κ1) is 16.3. The van der Waals surface area contributed by atoms with Crippen LogP contribution in [0.15, 0.2) is 59.6 Å². The third-order valence-corrected chi connectivity index (χ3v) is 4.74. The van der Waals surface area contributed by atoms with Crippen molar-refractivity contribution in [1.82, 2.24) is 10.7 Å². The molecule has 0 saturated carbocycles. The molecule has 1 aliphatic carbocycles. The van der Waals surface area contributed by atoms with Crippen molar-refractivity contribution in [1.29, 1.82) is 0 Å². The Kier molecular flexibility index (Phi) is 4.39. The maximum atomic E-state index is 12.7. The summed E-state index contributed by atoms with van der Waals surface area (Å²) in [5.41, 5.74) is 5.98. The Morgan fingerprint density at radius 1 is 1.12 bits per heavy atom. The van der Waals surface area contributed by atoms with Crippen molar-refractivity contribution in [3.8, 4) is 0 Å². The lowest BCUT2D eigenvalue weighted by molar-refractivity contribution is -0.118. The third kappa shape index (κ3) is 3.18. The predicted octanol–water partition coefficient (Wildman–Crippen LogP) is 2.13. The van der Waals surface area contributed by atoms with Crippen LogP contribution >= 0.6 is 0 Å². The molecule has 2 aromatic carbocycles. The smallest absolute Gasteiger partial charge is 0.288 e. The highest BCUT2D eigenvalue weighted by Gasteiger charge is 2.28. The van der Waals surface area contributed by atoms with Crippen LogP contribution in [0.25, 0.3) is 0 Å². The van der Waals surface area contributed by atoms with E-state index in [1.54, 1.807) is 0 Å². The zero-order valence-corrected chi connectivity index (χ0v) is 14.3. The highest BCUT2D eigenvalue weighted by atomic mass is 16.2. The van der Waals surface area contributed by atoms with Gasteiger partial charge in [0.05, 0.1) is 11.7 Å². The minimum absolute atomic E-state index is 0.0280. The van der Waals surface area contributed by atoms with Gasteiger partial charge in [0.2, 0.25) is 5.84 Å². The summed E-state index contributed by atoms with van der Waals surface area (Å²) >= 11 is 0. The number of nitrogens with one attached hydrogen (secondary N) is 2. The molecule has 132 valence electrons. The number of hydrazine groups is 1. The summed E-state index contributed by atoms with van der Waals surface area (Å²) in [7, 11) is 0. The number of carbonyl (C=O) groups excluding carboxylic acids is 2. The molecule has 4 rings (SSSR count). The zero-order chi connectivity index (χ0) is 17.9. The van der Waals surface area contributed by atoms with Crippen LogP contribution in [-0.4, -0.2) is 24.2 Å². The lowest BCUT2D eigenvalue weighted by Crippen LogP contribution is -2.56. The number of nitrogens with zero attached hydrogens (tertiary/aromatic N) is 2. The van der Waals surface area contributed by atoms with Crippen molar-refractivity contribution in [2.75, 3.05) is 11.6 Å². The van der Waals surface area contributed by atoms with Crippen LogP contribution in [0.3, 0.4) is 0 Å². The summed E-state index contributed by atoms with van der Waals surface area (Å²) in [6, 6.07) is 17.3. The Balaban J connectivity index is 1.50. The van der Waals surface area contributed by atoms with Gasteiger partial charge in [-0.3, -0.25) is 20.0 Å². The van der Waals surface area contributed by atoms with Gasteiger partial charge in [-0.1, -0.05) is 42.5 Å². The largest absolute Gasteiger partial charge is 0.343 e. The van der Waals surface area contributed by atoms with Crippen molar-refractivity contribution in [2.24, 2.45) is 4.99 Å². The van der Waals surface area contributed by atoms with Crippen molar-refractivity contribution in [2.45, 2.75) is 25.3 Å². The SMILES string of the molecule is O=C(N[C@H]1CCCc2ccccc21)C1=NCC(=O)N(c2ccccc2)N1. The maximum Gasteiger partial charge on any atom is 0.288 e. The average Bonchev–Trinajstić information content (AvgIpc) is 2.69. The van der Waals surface area contributed by atoms with Gasteiger partial charge in [0.15, 0.2) is 0 Å².